The predicted octanol–water partition coefficient (Wildman–Crippen LogP) is 5.07. The van der Waals surface area contributed by atoms with Crippen molar-refractivity contribution in [1.82, 2.24) is 0 Å². The van der Waals surface area contributed by atoms with Gasteiger partial charge in [0.2, 0.25) is 0 Å². The quantitative estimate of drug-likeness (QED) is 0.728. The smallest absolute Gasteiger partial charge is 0.150 e. The number of carbonyl (C=O) groups excluding carboxylic acids is 1. The van der Waals surface area contributed by atoms with Gasteiger partial charge < -0.3 is 4.74 Å². The summed E-state index contributed by atoms with van der Waals surface area (Å²) in [6.07, 6.45) is 0.788. The van der Waals surface area contributed by atoms with Crippen molar-refractivity contribution in [3.05, 3.63) is 58.6 Å². The maximum atomic E-state index is 10.7. The molecule has 0 radical (unpaired) electrons. The number of rotatable bonds is 4. The van der Waals surface area contributed by atoms with Crippen molar-refractivity contribution >= 4 is 17.9 Å². The molecule has 0 aliphatic rings. The highest BCUT2D eigenvalue weighted by atomic mass is 35.5. The van der Waals surface area contributed by atoms with Crippen LogP contribution in [0.1, 0.15) is 35.7 Å². The van der Waals surface area contributed by atoms with Crippen LogP contribution >= 0.6 is 11.6 Å². The van der Waals surface area contributed by atoms with Crippen LogP contribution in [-0.2, 0) is 0 Å². The van der Waals surface area contributed by atoms with Gasteiger partial charge in [0.05, 0.1) is 5.02 Å². The highest BCUT2D eigenvalue weighted by Gasteiger charge is 2.07. The van der Waals surface area contributed by atoms with Crippen LogP contribution in [0.3, 0.4) is 0 Å². The van der Waals surface area contributed by atoms with Crippen LogP contribution in [0.25, 0.3) is 0 Å². The number of aldehydes is 1. The Morgan fingerprint density at radius 2 is 1.95 bits per heavy atom. The number of halogens is 1. The van der Waals surface area contributed by atoms with E-state index in [2.05, 4.69) is 13.8 Å². The average molecular weight is 275 g/mol. The summed E-state index contributed by atoms with van der Waals surface area (Å²) in [5, 5.41) is 0.572. The zero-order valence-electron chi connectivity index (χ0n) is 10.9. The summed E-state index contributed by atoms with van der Waals surface area (Å²) in [5.74, 6) is 1.61. The van der Waals surface area contributed by atoms with E-state index in [0.29, 0.717) is 28.0 Å². The molecule has 2 aromatic rings. The molecule has 0 atom stereocenters. The molecular weight excluding hydrogens is 260 g/mol. The topological polar surface area (TPSA) is 26.3 Å². The Morgan fingerprint density at radius 1 is 1.16 bits per heavy atom. The molecule has 19 heavy (non-hydrogen) atoms. The summed E-state index contributed by atoms with van der Waals surface area (Å²) in [6, 6.07) is 12.7. The van der Waals surface area contributed by atoms with Gasteiger partial charge in [0.1, 0.15) is 17.8 Å². The van der Waals surface area contributed by atoms with Crippen molar-refractivity contribution in [2.75, 3.05) is 0 Å². The van der Waals surface area contributed by atoms with Crippen molar-refractivity contribution in [2.45, 2.75) is 19.8 Å². The third kappa shape index (κ3) is 3.36. The number of hydrogen-bond donors (Lipinski definition) is 0. The highest BCUT2D eigenvalue weighted by molar-refractivity contribution is 6.32. The maximum Gasteiger partial charge on any atom is 0.150 e. The Labute approximate surface area is 118 Å². The molecule has 0 N–H and O–H groups in total. The summed E-state index contributed by atoms with van der Waals surface area (Å²) in [7, 11) is 0. The Bertz CT molecular complexity index is 591. The van der Waals surface area contributed by atoms with Crippen LogP contribution < -0.4 is 4.74 Å². The van der Waals surface area contributed by atoms with Crippen molar-refractivity contribution in [2.24, 2.45) is 0 Å². The lowest BCUT2D eigenvalue weighted by Gasteiger charge is -2.11. The molecule has 0 aliphatic carbocycles. The lowest BCUT2D eigenvalue weighted by molar-refractivity contribution is 0.112. The normalized spacial score (nSPS) is 10.5. The Kier molecular flexibility index (Phi) is 4.23. The monoisotopic (exact) mass is 274 g/mol. The van der Waals surface area contributed by atoms with Gasteiger partial charge in [-0.15, -0.1) is 0 Å². The van der Waals surface area contributed by atoms with Gasteiger partial charge in [-0.05, 0) is 35.7 Å². The second-order valence-electron chi connectivity index (χ2n) is 4.64. The van der Waals surface area contributed by atoms with Crippen LogP contribution in [0.4, 0.5) is 0 Å². The lowest BCUT2D eigenvalue weighted by Crippen LogP contribution is -1.90. The van der Waals surface area contributed by atoms with E-state index in [4.69, 9.17) is 16.3 Å². The first kappa shape index (κ1) is 13.6. The SMILES string of the molecule is CC(C)c1ccc(Oc2cccc(C=O)c2)c(Cl)c1. The van der Waals surface area contributed by atoms with Gasteiger partial charge in [-0.2, -0.15) is 0 Å². The second kappa shape index (κ2) is 5.89. The Hall–Kier alpha value is -1.80. The van der Waals surface area contributed by atoms with E-state index in [1.807, 2.05) is 18.2 Å². The molecule has 0 fully saturated rings. The van der Waals surface area contributed by atoms with Crippen molar-refractivity contribution < 1.29 is 9.53 Å². The number of benzene rings is 2. The largest absolute Gasteiger partial charge is 0.456 e. The van der Waals surface area contributed by atoms with Gasteiger partial charge in [-0.1, -0.05) is 43.6 Å². The van der Waals surface area contributed by atoms with E-state index in [0.717, 1.165) is 6.29 Å². The summed E-state index contributed by atoms with van der Waals surface area (Å²) in [5.41, 5.74) is 1.74. The van der Waals surface area contributed by atoms with E-state index in [-0.39, 0.29) is 0 Å². The van der Waals surface area contributed by atoms with Gasteiger partial charge in [0.15, 0.2) is 0 Å². The fourth-order valence-corrected chi connectivity index (χ4v) is 1.96. The van der Waals surface area contributed by atoms with E-state index >= 15 is 0 Å². The van der Waals surface area contributed by atoms with E-state index in [1.165, 1.54) is 5.56 Å². The summed E-state index contributed by atoms with van der Waals surface area (Å²) < 4.78 is 5.70. The Morgan fingerprint density at radius 3 is 2.58 bits per heavy atom. The third-order valence-electron chi connectivity index (χ3n) is 2.84. The highest BCUT2D eigenvalue weighted by Crippen LogP contribution is 2.32. The third-order valence-corrected chi connectivity index (χ3v) is 3.14. The summed E-state index contributed by atoms with van der Waals surface area (Å²) >= 11 is 6.20. The molecule has 0 heterocycles. The van der Waals surface area contributed by atoms with Crippen LogP contribution in [0.5, 0.6) is 11.5 Å². The molecule has 0 bridgehead atoms. The van der Waals surface area contributed by atoms with E-state index in [9.17, 15) is 4.79 Å². The molecule has 0 unspecified atom stereocenters. The number of carbonyl (C=O) groups is 1. The van der Waals surface area contributed by atoms with Crippen LogP contribution in [-0.4, -0.2) is 6.29 Å². The Balaban J connectivity index is 2.25. The van der Waals surface area contributed by atoms with Crippen LogP contribution in [0.2, 0.25) is 5.02 Å². The molecule has 98 valence electrons. The maximum absolute atomic E-state index is 10.7. The first-order chi connectivity index (χ1) is 9.10. The van der Waals surface area contributed by atoms with Gasteiger partial charge in [-0.3, -0.25) is 4.79 Å². The molecule has 3 heteroatoms. The minimum absolute atomic E-state index is 0.421. The fraction of sp³-hybridized carbons (Fsp3) is 0.188. The zero-order valence-corrected chi connectivity index (χ0v) is 11.6. The van der Waals surface area contributed by atoms with E-state index in [1.54, 1.807) is 24.3 Å². The molecule has 2 nitrogen and oxygen atoms in total. The molecule has 0 amide bonds. The van der Waals surface area contributed by atoms with Gasteiger partial charge in [0.25, 0.3) is 0 Å². The molecule has 0 saturated heterocycles. The molecule has 2 rings (SSSR count). The van der Waals surface area contributed by atoms with Crippen LogP contribution in [0.15, 0.2) is 42.5 Å². The van der Waals surface area contributed by atoms with Gasteiger partial charge in [-0.25, -0.2) is 0 Å². The van der Waals surface area contributed by atoms with Gasteiger partial charge in [0, 0.05) is 5.56 Å². The minimum Gasteiger partial charge on any atom is -0.456 e. The summed E-state index contributed by atoms with van der Waals surface area (Å²) in [6.45, 7) is 4.22. The fourth-order valence-electron chi connectivity index (χ4n) is 1.74. The first-order valence-corrected chi connectivity index (χ1v) is 6.50. The van der Waals surface area contributed by atoms with Gasteiger partial charge >= 0.3 is 0 Å². The first-order valence-electron chi connectivity index (χ1n) is 6.12. The molecule has 0 saturated carbocycles. The molecular formula is C16H15ClO2. The predicted molar refractivity (Wildman–Crippen MR) is 77.4 cm³/mol. The summed E-state index contributed by atoms with van der Waals surface area (Å²) in [4.78, 5) is 10.7. The second-order valence-corrected chi connectivity index (χ2v) is 5.04. The minimum atomic E-state index is 0.421. The molecule has 2 aromatic carbocycles. The number of hydrogen-bond acceptors (Lipinski definition) is 2. The van der Waals surface area contributed by atoms with Crippen molar-refractivity contribution in [1.29, 1.82) is 0 Å². The van der Waals surface area contributed by atoms with Crippen molar-refractivity contribution in [3.63, 3.8) is 0 Å². The molecule has 0 aliphatic heterocycles. The number of ether oxygens (including phenoxy) is 1. The zero-order chi connectivity index (χ0) is 13.8. The average Bonchev–Trinajstić information content (AvgIpc) is 2.41. The molecule has 0 aromatic heterocycles. The van der Waals surface area contributed by atoms with Crippen molar-refractivity contribution in [3.8, 4) is 11.5 Å². The molecule has 0 spiro atoms. The lowest BCUT2D eigenvalue weighted by atomic mass is 10.0. The van der Waals surface area contributed by atoms with Crippen LogP contribution in [0, 0.1) is 0 Å². The van der Waals surface area contributed by atoms with E-state index < -0.39 is 0 Å². The standard InChI is InChI=1S/C16H15ClO2/c1-11(2)13-6-7-16(15(17)9-13)19-14-5-3-4-12(8-14)10-18/h3-11H,1-2H3.